The summed E-state index contributed by atoms with van der Waals surface area (Å²) in [5, 5.41) is 3.47. The second-order valence-corrected chi connectivity index (χ2v) is 6.90. The number of unbranched alkanes of at least 4 members (excludes halogenated alkanes) is 1. The van der Waals surface area contributed by atoms with Gasteiger partial charge in [0.15, 0.2) is 0 Å². The largest absolute Gasteiger partial charge is 0.329 e. The molecule has 21 heavy (non-hydrogen) atoms. The van der Waals surface area contributed by atoms with E-state index in [0.29, 0.717) is 12.0 Å². The van der Waals surface area contributed by atoms with E-state index in [1.54, 1.807) is 0 Å². The third kappa shape index (κ3) is 4.09. The predicted molar refractivity (Wildman–Crippen MR) is 89.6 cm³/mol. The molecule has 2 heterocycles. The SMILES string of the molecule is CCCCC(CCC)n1c(CC(C)C)nc2c1CCNC2. The molecule has 1 N–H and O–H groups in total. The van der Waals surface area contributed by atoms with E-state index in [2.05, 4.69) is 37.6 Å². The van der Waals surface area contributed by atoms with Crippen molar-refractivity contribution in [3.63, 3.8) is 0 Å². The number of nitrogens with one attached hydrogen (secondary N) is 1. The van der Waals surface area contributed by atoms with E-state index in [1.807, 2.05) is 0 Å². The van der Waals surface area contributed by atoms with Crippen LogP contribution in [-0.2, 0) is 19.4 Å². The topological polar surface area (TPSA) is 29.9 Å². The molecule has 0 saturated heterocycles. The van der Waals surface area contributed by atoms with Crippen molar-refractivity contribution in [2.45, 2.75) is 85.2 Å². The molecule has 1 aliphatic rings. The Hall–Kier alpha value is -0.830. The lowest BCUT2D eigenvalue weighted by atomic mass is 10.0. The Kier molecular flexibility index (Phi) is 6.28. The van der Waals surface area contributed by atoms with Crippen LogP contribution in [0.3, 0.4) is 0 Å². The molecule has 0 radical (unpaired) electrons. The Balaban J connectivity index is 2.33. The molecule has 0 spiro atoms. The lowest BCUT2D eigenvalue weighted by Crippen LogP contribution is -2.26. The van der Waals surface area contributed by atoms with Crippen LogP contribution < -0.4 is 5.32 Å². The number of nitrogens with zero attached hydrogens (tertiary/aromatic N) is 2. The van der Waals surface area contributed by atoms with Crippen LogP contribution >= 0.6 is 0 Å². The van der Waals surface area contributed by atoms with Gasteiger partial charge >= 0.3 is 0 Å². The van der Waals surface area contributed by atoms with Crippen molar-refractivity contribution in [2.24, 2.45) is 5.92 Å². The number of fused-ring (bicyclic) bond motifs is 1. The van der Waals surface area contributed by atoms with Gasteiger partial charge in [0.25, 0.3) is 0 Å². The first kappa shape index (κ1) is 16.5. The molecule has 0 bridgehead atoms. The van der Waals surface area contributed by atoms with Gasteiger partial charge in [0, 0.05) is 37.7 Å². The van der Waals surface area contributed by atoms with E-state index in [1.165, 1.54) is 49.3 Å². The summed E-state index contributed by atoms with van der Waals surface area (Å²) in [6, 6.07) is 0.665. The Morgan fingerprint density at radius 3 is 2.67 bits per heavy atom. The van der Waals surface area contributed by atoms with E-state index in [-0.39, 0.29) is 0 Å². The van der Waals surface area contributed by atoms with Crippen molar-refractivity contribution in [2.75, 3.05) is 6.54 Å². The van der Waals surface area contributed by atoms with Gasteiger partial charge in [0.1, 0.15) is 5.82 Å². The van der Waals surface area contributed by atoms with Gasteiger partial charge in [0.2, 0.25) is 0 Å². The molecule has 3 heteroatoms. The summed E-state index contributed by atoms with van der Waals surface area (Å²) in [6.07, 6.45) is 8.74. The van der Waals surface area contributed by atoms with Gasteiger partial charge in [0.05, 0.1) is 5.69 Å². The molecule has 0 fully saturated rings. The molecule has 3 nitrogen and oxygen atoms in total. The Morgan fingerprint density at radius 2 is 2.00 bits per heavy atom. The summed E-state index contributed by atoms with van der Waals surface area (Å²) in [6.45, 7) is 11.3. The van der Waals surface area contributed by atoms with Gasteiger partial charge in [-0.2, -0.15) is 0 Å². The van der Waals surface area contributed by atoms with E-state index in [0.717, 1.165) is 25.9 Å². The van der Waals surface area contributed by atoms with Crippen LogP contribution in [0.15, 0.2) is 0 Å². The smallest absolute Gasteiger partial charge is 0.109 e. The van der Waals surface area contributed by atoms with Crippen molar-refractivity contribution >= 4 is 0 Å². The third-order valence-corrected chi connectivity index (χ3v) is 4.47. The number of hydrogen-bond donors (Lipinski definition) is 1. The van der Waals surface area contributed by atoms with Crippen molar-refractivity contribution in [1.82, 2.24) is 14.9 Å². The number of aromatic nitrogens is 2. The van der Waals surface area contributed by atoms with Crippen LogP contribution in [0.1, 0.15) is 83.1 Å². The molecule has 0 saturated carbocycles. The second kappa shape index (κ2) is 7.98. The van der Waals surface area contributed by atoms with Crippen LogP contribution in [-0.4, -0.2) is 16.1 Å². The minimum Gasteiger partial charge on any atom is -0.329 e. The quantitative estimate of drug-likeness (QED) is 0.775. The van der Waals surface area contributed by atoms with Crippen LogP contribution in [0, 0.1) is 5.92 Å². The number of rotatable bonds is 8. The Bertz CT molecular complexity index is 434. The maximum absolute atomic E-state index is 5.00. The highest BCUT2D eigenvalue weighted by Gasteiger charge is 2.24. The van der Waals surface area contributed by atoms with Crippen molar-refractivity contribution in [3.8, 4) is 0 Å². The molecule has 120 valence electrons. The van der Waals surface area contributed by atoms with Gasteiger partial charge in [-0.15, -0.1) is 0 Å². The molecule has 0 amide bonds. The summed E-state index contributed by atoms with van der Waals surface area (Å²) in [7, 11) is 0. The van der Waals surface area contributed by atoms with Crippen molar-refractivity contribution in [3.05, 3.63) is 17.2 Å². The van der Waals surface area contributed by atoms with Crippen LogP contribution in [0.25, 0.3) is 0 Å². The second-order valence-electron chi connectivity index (χ2n) is 6.90. The molecule has 1 aromatic rings. The fraction of sp³-hybridized carbons (Fsp3) is 0.833. The summed E-state index contributed by atoms with van der Waals surface area (Å²) in [5.74, 6) is 2.02. The lowest BCUT2D eigenvalue weighted by Gasteiger charge is -2.25. The minimum absolute atomic E-state index is 0.665. The van der Waals surface area contributed by atoms with Gasteiger partial charge in [-0.05, 0) is 18.8 Å². The van der Waals surface area contributed by atoms with E-state index < -0.39 is 0 Å². The first-order chi connectivity index (χ1) is 10.2. The molecular formula is C18H33N3. The maximum Gasteiger partial charge on any atom is 0.109 e. The van der Waals surface area contributed by atoms with Crippen LogP contribution in [0.4, 0.5) is 0 Å². The fourth-order valence-corrected chi connectivity index (χ4v) is 3.50. The summed E-state index contributed by atoms with van der Waals surface area (Å²) < 4.78 is 2.65. The summed E-state index contributed by atoms with van der Waals surface area (Å²) >= 11 is 0. The van der Waals surface area contributed by atoms with Gasteiger partial charge in [-0.25, -0.2) is 4.98 Å². The Labute approximate surface area is 130 Å². The predicted octanol–water partition coefficient (Wildman–Crippen LogP) is 4.26. The molecule has 0 aromatic carbocycles. The number of hydrogen-bond acceptors (Lipinski definition) is 2. The average Bonchev–Trinajstić information content (AvgIpc) is 2.80. The molecule has 0 aliphatic carbocycles. The van der Waals surface area contributed by atoms with Gasteiger partial charge in [-0.3, -0.25) is 0 Å². The monoisotopic (exact) mass is 291 g/mol. The third-order valence-electron chi connectivity index (χ3n) is 4.47. The summed E-state index contributed by atoms with van der Waals surface area (Å²) in [5.41, 5.74) is 2.84. The fourth-order valence-electron chi connectivity index (χ4n) is 3.50. The average molecular weight is 291 g/mol. The summed E-state index contributed by atoms with van der Waals surface area (Å²) in [4.78, 5) is 5.00. The van der Waals surface area contributed by atoms with E-state index >= 15 is 0 Å². The maximum atomic E-state index is 5.00. The first-order valence-electron chi connectivity index (χ1n) is 8.96. The Morgan fingerprint density at radius 1 is 1.19 bits per heavy atom. The highest BCUT2D eigenvalue weighted by atomic mass is 15.1. The minimum atomic E-state index is 0.665. The highest BCUT2D eigenvalue weighted by Crippen LogP contribution is 2.29. The zero-order valence-corrected chi connectivity index (χ0v) is 14.4. The van der Waals surface area contributed by atoms with Crippen LogP contribution in [0.5, 0.6) is 0 Å². The molecule has 1 atom stereocenters. The van der Waals surface area contributed by atoms with E-state index in [9.17, 15) is 0 Å². The van der Waals surface area contributed by atoms with Crippen molar-refractivity contribution < 1.29 is 0 Å². The molecule has 2 rings (SSSR count). The van der Waals surface area contributed by atoms with Gasteiger partial charge < -0.3 is 9.88 Å². The van der Waals surface area contributed by atoms with Crippen LogP contribution in [0.2, 0.25) is 0 Å². The van der Waals surface area contributed by atoms with Crippen molar-refractivity contribution in [1.29, 1.82) is 0 Å². The van der Waals surface area contributed by atoms with Gasteiger partial charge in [-0.1, -0.05) is 47.0 Å². The number of imidazole rings is 1. The zero-order valence-electron chi connectivity index (χ0n) is 14.4. The molecule has 1 aromatic heterocycles. The molecule has 1 aliphatic heterocycles. The lowest BCUT2D eigenvalue weighted by molar-refractivity contribution is 0.386. The normalized spacial score (nSPS) is 16.2. The van der Waals surface area contributed by atoms with E-state index in [4.69, 9.17) is 4.98 Å². The first-order valence-corrected chi connectivity index (χ1v) is 8.96. The molecule has 1 unspecified atom stereocenters. The highest BCUT2D eigenvalue weighted by molar-refractivity contribution is 5.21. The standard InChI is InChI=1S/C18H33N3/c1-5-7-9-15(8-6-2)21-17-10-11-19-13-16(17)20-18(21)12-14(3)4/h14-15,19H,5-13H2,1-4H3. The zero-order chi connectivity index (χ0) is 15.2. The molecular weight excluding hydrogens is 258 g/mol.